The SMILES string of the molecule is CCOC(=O)Nc1c(F)ccc(C)c1C#C[Si](C)(C)C. The molecule has 1 N–H and O–H groups in total. The monoisotopic (exact) mass is 293 g/mol. The summed E-state index contributed by atoms with van der Waals surface area (Å²) >= 11 is 0. The van der Waals surface area contributed by atoms with Gasteiger partial charge in [0.15, 0.2) is 0 Å². The lowest BCUT2D eigenvalue weighted by atomic mass is 10.1. The number of hydrogen-bond donors (Lipinski definition) is 1. The number of aryl methyl sites for hydroxylation is 1. The lowest BCUT2D eigenvalue weighted by molar-refractivity contribution is 0.168. The van der Waals surface area contributed by atoms with Gasteiger partial charge in [0, 0.05) is 0 Å². The number of carbonyl (C=O) groups is 1. The Morgan fingerprint density at radius 1 is 1.40 bits per heavy atom. The second kappa shape index (κ2) is 6.57. The van der Waals surface area contributed by atoms with Crippen molar-refractivity contribution in [2.75, 3.05) is 11.9 Å². The van der Waals surface area contributed by atoms with Crippen LogP contribution in [0.1, 0.15) is 18.1 Å². The standard InChI is InChI=1S/C15H20FNO2Si/c1-6-19-15(18)17-14-12(9-10-20(3,4)5)11(2)7-8-13(14)16/h7-8H,6H2,1-5H3,(H,17,18). The highest BCUT2D eigenvalue weighted by Crippen LogP contribution is 2.23. The van der Waals surface area contributed by atoms with E-state index in [0.29, 0.717) is 5.56 Å². The third-order valence-electron chi connectivity index (χ3n) is 2.43. The van der Waals surface area contributed by atoms with Crippen LogP contribution in [-0.4, -0.2) is 20.8 Å². The van der Waals surface area contributed by atoms with Crippen molar-refractivity contribution in [1.29, 1.82) is 0 Å². The molecule has 1 amide bonds. The Morgan fingerprint density at radius 2 is 2.05 bits per heavy atom. The molecule has 0 saturated carbocycles. The van der Waals surface area contributed by atoms with Crippen molar-refractivity contribution in [2.45, 2.75) is 33.5 Å². The highest BCUT2D eigenvalue weighted by atomic mass is 28.3. The fourth-order valence-electron chi connectivity index (χ4n) is 1.48. The van der Waals surface area contributed by atoms with Crippen LogP contribution in [0, 0.1) is 24.2 Å². The van der Waals surface area contributed by atoms with Crippen LogP contribution >= 0.6 is 0 Å². The van der Waals surface area contributed by atoms with E-state index in [1.165, 1.54) is 6.07 Å². The molecule has 3 nitrogen and oxygen atoms in total. The first kappa shape index (κ1) is 16.3. The van der Waals surface area contributed by atoms with E-state index in [-0.39, 0.29) is 12.3 Å². The van der Waals surface area contributed by atoms with Crippen molar-refractivity contribution >= 4 is 19.9 Å². The van der Waals surface area contributed by atoms with Crippen LogP contribution in [0.3, 0.4) is 0 Å². The van der Waals surface area contributed by atoms with E-state index >= 15 is 0 Å². The maximum absolute atomic E-state index is 13.9. The molecule has 0 aliphatic heterocycles. The molecule has 0 aliphatic rings. The van der Waals surface area contributed by atoms with Crippen molar-refractivity contribution in [2.24, 2.45) is 0 Å². The average Bonchev–Trinajstić information content (AvgIpc) is 2.32. The summed E-state index contributed by atoms with van der Waals surface area (Å²) in [5.74, 6) is 2.50. The third-order valence-corrected chi connectivity index (χ3v) is 3.30. The quantitative estimate of drug-likeness (QED) is 0.662. The molecular weight excluding hydrogens is 273 g/mol. The normalized spacial score (nSPS) is 10.5. The van der Waals surface area contributed by atoms with Crippen LogP contribution in [0.15, 0.2) is 12.1 Å². The molecule has 108 valence electrons. The van der Waals surface area contributed by atoms with Crippen molar-refractivity contribution in [3.05, 3.63) is 29.1 Å². The van der Waals surface area contributed by atoms with Gasteiger partial charge in [0.25, 0.3) is 0 Å². The molecule has 1 aromatic rings. The molecule has 0 aliphatic carbocycles. The molecule has 0 aromatic heterocycles. The molecule has 1 aromatic carbocycles. The molecule has 0 saturated heterocycles. The maximum Gasteiger partial charge on any atom is 0.411 e. The molecule has 0 spiro atoms. The largest absolute Gasteiger partial charge is 0.450 e. The van der Waals surface area contributed by atoms with E-state index < -0.39 is 20.0 Å². The Kier molecular flexibility index (Phi) is 5.34. The van der Waals surface area contributed by atoms with Crippen LogP contribution in [0.4, 0.5) is 14.9 Å². The van der Waals surface area contributed by atoms with Crippen LogP contribution in [0.5, 0.6) is 0 Å². The minimum atomic E-state index is -1.59. The van der Waals surface area contributed by atoms with Gasteiger partial charge in [-0.3, -0.25) is 5.32 Å². The van der Waals surface area contributed by atoms with Crippen molar-refractivity contribution in [1.82, 2.24) is 0 Å². The summed E-state index contributed by atoms with van der Waals surface area (Å²) in [7, 11) is -1.59. The van der Waals surface area contributed by atoms with E-state index in [9.17, 15) is 9.18 Å². The molecule has 0 unspecified atom stereocenters. The number of amides is 1. The zero-order chi connectivity index (χ0) is 15.3. The first-order valence-corrected chi connectivity index (χ1v) is 10.0. The van der Waals surface area contributed by atoms with Gasteiger partial charge < -0.3 is 4.74 Å². The molecule has 0 bridgehead atoms. The molecular formula is C15H20FNO2Si. The van der Waals surface area contributed by atoms with Gasteiger partial charge in [-0.2, -0.15) is 0 Å². The Hall–Kier alpha value is -1.80. The number of carbonyl (C=O) groups excluding carboxylic acids is 1. The fourth-order valence-corrected chi connectivity index (χ4v) is 1.98. The second-order valence-electron chi connectivity index (χ2n) is 5.46. The van der Waals surface area contributed by atoms with Crippen molar-refractivity contribution < 1.29 is 13.9 Å². The minimum Gasteiger partial charge on any atom is -0.450 e. The summed E-state index contributed by atoms with van der Waals surface area (Å²) in [5, 5.41) is 2.43. The Labute approximate surface area is 120 Å². The van der Waals surface area contributed by atoms with Gasteiger partial charge in [0.1, 0.15) is 13.9 Å². The summed E-state index contributed by atoms with van der Waals surface area (Å²) in [6.45, 7) is 10.1. The van der Waals surface area contributed by atoms with E-state index in [4.69, 9.17) is 4.74 Å². The van der Waals surface area contributed by atoms with Crippen molar-refractivity contribution in [3.8, 4) is 11.5 Å². The Morgan fingerprint density at radius 3 is 2.60 bits per heavy atom. The van der Waals surface area contributed by atoms with Gasteiger partial charge >= 0.3 is 6.09 Å². The highest BCUT2D eigenvalue weighted by molar-refractivity contribution is 6.83. The lowest BCUT2D eigenvalue weighted by Gasteiger charge is -2.11. The highest BCUT2D eigenvalue weighted by Gasteiger charge is 2.14. The number of benzene rings is 1. The van der Waals surface area contributed by atoms with Gasteiger partial charge in [0.05, 0.1) is 17.9 Å². The first-order valence-electron chi connectivity index (χ1n) is 6.50. The maximum atomic E-state index is 13.9. The van der Waals surface area contributed by atoms with Gasteiger partial charge in [-0.05, 0) is 25.5 Å². The average molecular weight is 293 g/mol. The Bertz CT molecular complexity index is 568. The van der Waals surface area contributed by atoms with Gasteiger partial charge in [-0.1, -0.05) is 31.6 Å². The van der Waals surface area contributed by atoms with Crippen LogP contribution in [0.2, 0.25) is 19.6 Å². The second-order valence-corrected chi connectivity index (χ2v) is 10.2. The molecule has 5 heteroatoms. The summed E-state index contributed by atoms with van der Waals surface area (Å²) in [6.07, 6.45) is -0.673. The van der Waals surface area contributed by atoms with Gasteiger partial charge in [-0.25, -0.2) is 9.18 Å². The van der Waals surface area contributed by atoms with E-state index in [2.05, 4.69) is 36.4 Å². The molecule has 20 heavy (non-hydrogen) atoms. The zero-order valence-electron chi connectivity index (χ0n) is 12.6. The third kappa shape index (κ3) is 4.70. The minimum absolute atomic E-state index is 0.0919. The number of anilines is 1. The smallest absolute Gasteiger partial charge is 0.411 e. The van der Waals surface area contributed by atoms with Gasteiger partial charge in [0.2, 0.25) is 0 Å². The van der Waals surface area contributed by atoms with Crippen molar-refractivity contribution in [3.63, 3.8) is 0 Å². The van der Waals surface area contributed by atoms with Crippen LogP contribution in [-0.2, 0) is 4.74 Å². The number of halogens is 1. The van der Waals surface area contributed by atoms with E-state index in [1.807, 2.05) is 6.92 Å². The van der Waals surface area contributed by atoms with Crippen LogP contribution < -0.4 is 5.32 Å². The molecule has 0 atom stereocenters. The number of ether oxygens (including phenoxy) is 1. The molecule has 0 radical (unpaired) electrons. The molecule has 0 fully saturated rings. The van der Waals surface area contributed by atoms with Gasteiger partial charge in [-0.15, -0.1) is 5.54 Å². The van der Waals surface area contributed by atoms with E-state index in [1.54, 1.807) is 13.0 Å². The number of hydrogen-bond acceptors (Lipinski definition) is 2. The molecule has 0 heterocycles. The van der Waals surface area contributed by atoms with E-state index in [0.717, 1.165) is 5.56 Å². The first-order chi connectivity index (χ1) is 9.24. The zero-order valence-corrected chi connectivity index (χ0v) is 13.6. The predicted octanol–water partition coefficient (Wildman–Crippen LogP) is 3.93. The lowest BCUT2D eigenvalue weighted by Crippen LogP contribution is -2.17. The number of nitrogens with one attached hydrogen (secondary N) is 1. The Balaban J connectivity index is 3.23. The summed E-state index contributed by atoms with van der Waals surface area (Å²) in [4.78, 5) is 11.5. The topological polar surface area (TPSA) is 38.3 Å². The molecule has 1 rings (SSSR count). The summed E-state index contributed by atoms with van der Waals surface area (Å²) in [6, 6.07) is 2.97. The fraction of sp³-hybridized carbons (Fsp3) is 0.400. The summed E-state index contributed by atoms with van der Waals surface area (Å²) in [5.41, 5.74) is 4.61. The predicted molar refractivity (Wildman–Crippen MR) is 82.0 cm³/mol. The summed E-state index contributed by atoms with van der Waals surface area (Å²) < 4.78 is 18.7. The van der Waals surface area contributed by atoms with Crippen LogP contribution in [0.25, 0.3) is 0 Å². The number of rotatable bonds is 2.